The summed E-state index contributed by atoms with van der Waals surface area (Å²) in [5.41, 5.74) is 8.02. The number of aryl methyl sites for hydroxylation is 6. The van der Waals surface area contributed by atoms with Crippen LogP contribution in [0, 0.1) is 41.5 Å². The third kappa shape index (κ3) is 23.9. The lowest BCUT2D eigenvalue weighted by molar-refractivity contribution is 1.50. The van der Waals surface area contributed by atoms with Crippen LogP contribution in [0.3, 0.4) is 0 Å². The van der Waals surface area contributed by atoms with Crippen molar-refractivity contribution in [2.75, 3.05) is 0 Å². The molecule has 0 unspecified atom stereocenters. The Kier molecular flexibility index (Phi) is 43.6. The molecule has 0 amide bonds. The number of rotatable bonds is 0. The van der Waals surface area contributed by atoms with Crippen LogP contribution >= 0.6 is 0 Å². The van der Waals surface area contributed by atoms with Crippen LogP contribution in [0.25, 0.3) is 151 Å². The molecule has 0 heteroatoms. The Hall–Kier alpha value is -11.4. The van der Waals surface area contributed by atoms with Crippen molar-refractivity contribution in [3.63, 3.8) is 0 Å². The van der Waals surface area contributed by atoms with Gasteiger partial charge >= 0.3 is 0 Å². The van der Waals surface area contributed by atoms with E-state index in [1.54, 1.807) is 0 Å². The second-order valence-electron chi connectivity index (χ2n) is 25.5. The zero-order chi connectivity index (χ0) is 85.8. The Bertz CT molecular complexity index is 6070. The first kappa shape index (κ1) is 96.9. The maximum Gasteiger partial charge on any atom is -0.00241 e. The van der Waals surface area contributed by atoms with Crippen LogP contribution in [0.5, 0.6) is 0 Å². The standard InChI is InChI=1S/2C17H12.4C15H12.11C2H6/c1-11-10-14-6-2-4-12-8-9-13-5-3-7-15(11)17(13)16(12)14;1-11-5-6-14-8-7-12-3-2-4-13-9-10-15(11)17(14)16(12)13;1-11-10-12-6-2-3-8-14(12)15-9-5-4-7-13(11)15;1-11-6-9-15-13(10-11)8-7-12-4-2-3-5-14(12)15;1-11-6-7-14-9-12-4-2-3-5-13(12)10-15(14)8-11;1-11-6-7-13-9-8-12-4-2-3-5-14(12)15(13)10-11;11*1-2/h2*2-10H,1H3;4*2-10H,1H3;11*1-2H3. The Morgan fingerprint density at radius 1 is 0.112 bits per heavy atom. The normalized spacial score (nSPS) is 9.72. The number of fused-ring (bicyclic) bond motifs is 11. The van der Waals surface area contributed by atoms with Gasteiger partial charge in [-0.05, 0) is 221 Å². The zero-order valence-corrected chi connectivity index (χ0v) is 76.2. The highest BCUT2D eigenvalue weighted by Crippen LogP contribution is 2.38. The van der Waals surface area contributed by atoms with Crippen molar-refractivity contribution in [3.8, 4) is 0 Å². The van der Waals surface area contributed by atoms with Gasteiger partial charge in [-0.25, -0.2) is 0 Å². The van der Waals surface area contributed by atoms with E-state index in [9.17, 15) is 0 Å². The van der Waals surface area contributed by atoms with Gasteiger partial charge in [0, 0.05) is 0 Å². The van der Waals surface area contributed by atoms with Gasteiger partial charge in [-0.2, -0.15) is 0 Å². The first-order valence-corrected chi connectivity index (χ1v) is 43.9. The number of hydrogen-bond acceptors (Lipinski definition) is 0. The van der Waals surface area contributed by atoms with E-state index in [1.165, 1.54) is 184 Å². The first-order valence-electron chi connectivity index (χ1n) is 43.9. The van der Waals surface area contributed by atoms with Gasteiger partial charge in [0.05, 0.1) is 0 Å². The van der Waals surface area contributed by atoms with Crippen LogP contribution in [0.2, 0.25) is 0 Å². The summed E-state index contributed by atoms with van der Waals surface area (Å²) >= 11 is 0. The molecule has 0 aliphatic heterocycles. The Balaban J connectivity index is 0.000000279. The highest BCUT2D eigenvalue weighted by molar-refractivity contribution is 6.25. The fourth-order valence-corrected chi connectivity index (χ4v) is 14.4. The Labute approximate surface area is 701 Å². The molecule has 0 radical (unpaired) electrons. The smallest absolute Gasteiger partial charge is 0.00241 e. The lowest BCUT2D eigenvalue weighted by atomic mass is 9.92. The van der Waals surface area contributed by atoms with Gasteiger partial charge in [0.25, 0.3) is 0 Å². The van der Waals surface area contributed by atoms with Crippen LogP contribution < -0.4 is 0 Å². The van der Waals surface area contributed by atoms with Gasteiger partial charge in [-0.3, -0.25) is 0 Å². The lowest BCUT2D eigenvalue weighted by Crippen LogP contribution is -1.85. The summed E-state index contributed by atoms with van der Waals surface area (Å²) < 4.78 is 0. The van der Waals surface area contributed by atoms with Crippen molar-refractivity contribution in [2.45, 2.75) is 194 Å². The third-order valence-electron chi connectivity index (χ3n) is 19.1. The van der Waals surface area contributed by atoms with Crippen molar-refractivity contribution in [3.05, 3.63) is 361 Å². The van der Waals surface area contributed by atoms with E-state index >= 15 is 0 Å². The van der Waals surface area contributed by atoms with E-state index in [0.717, 1.165) is 0 Å². The predicted octanol–water partition coefficient (Wildman–Crippen LogP) is 38.3. The molecule has 116 heavy (non-hydrogen) atoms. The van der Waals surface area contributed by atoms with E-state index in [2.05, 4.69) is 369 Å². The molecule has 0 aromatic heterocycles. The van der Waals surface area contributed by atoms with Crippen LogP contribution in [0.15, 0.2) is 328 Å². The fraction of sp³-hybridized carbons (Fsp3) is 0.241. The second-order valence-corrected chi connectivity index (χ2v) is 25.5. The van der Waals surface area contributed by atoms with Gasteiger partial charge in [-0.15, -0.1) is 0 Å². The largest absolute Gasteiger partial charge is 0.0683 e. The fourth-order valence-electron chi connectivity index (χ4n) is 14.4. The number of hydrogen-bond donors (Lipinski definition) is 0. The molecule has 0 N–H and O–H groups in total. The SMILES string of the molecule is CC.CC.CC.CC.CC.CC.CC.CC.CC.CC.CC.Cc1cc2cccc3ccc4cccc1c4c32.Cc1cc2ccccc2c2ccccc12.Cc1ccc2c(ccc3ccccc32)c1.Cc1ccc2cc3ccccc3cc2c1.Cc1ccc2ccc3cccc4ccc1c2c34.Cc1ccc2ccc3ccccc3c2c1. The minimum absolute atomic E-state index is 1.31. The molecule has 0 fully saturated rings. The minimum Gasteiger partial charge on any atom is -0.0683 e. The van der Waals surface area contributed by atoms with Crippen LogP contribution in [0.4, 0.5) is 0 Å². The number of benzene rings is 20. The molecule has 0 saturated heterocycles. The summed E-state index contributed by atoms with van der Waals surface area (Å²) in [6, 6.07) is 118. The molecule has 0 bridgehead atoms. The van der Waals surface area contributed by atoms with Gasteiger partial charge in [0.2, 0.25) is 0 Å². The molecule has 0 heterocycles. The van der Waals surface area contributed by atoms with Gasteiger partial charge < -0.3 is 0 Å². The molecule has 20 aromatic rings. The summed E-state index contributed by atoms with van der Waals surface area (Å²) in [4.78, 5) is 0. The molecule has 0 nitrogen and oxygen atoms in total. The van der Waals surface area contributed by atoms with Crippen LogP contribution in [0.1, 0.15) is 186 Å². The summed E-state index contributed by atoms with van der Waals surface area (Å²) in [6.45, 7) is 57.0. The lowest BCUT2D eigenvalue weighted by Gasteiger charge is -2.12. The maximum absolute atomic E-state index is 2.30. The average Bonchev–Trinajstić information content (AvgIpc) is 0.745. The topological polar surface area (TPSA) is 0 Å². The van der Waals surface area contributed by atoms with E-state index in [4.69, 9.17) is 0 Å². The van der Waals surface area contributed by atoms with Gasteiger partial charge in [0.15, 0.2) is 0 Å². The van der Waals surface area contributed by atoms with Crippen molar-refractivity contribution >= 4 is 151 Å². The van der Waals surface area contributed by atoms with Crippen molar-refractivity contribution in [1.29, 1.82) is 0 Å². The van der Waals surface area contributed by atoms with Crippen molar-refractivity contribution in [2.24, 2.45) is 0 Å². The van der Waals surface area contributed by atoms with Gasteiger partial charge in [-0.1, -0.05) is 484 Å². The molecule has 602 valence electrons. The molecule has 0 spiro atoms. The van der Waals surface area contributed by atoms with Crippen LogP contribution in [-0.4, -0.2) is 0 Å². The van der Waals surface area contributed by atoms with Crippen molar-refractivity contribution < 1.29 is 0 Å². The van der Waals surface area contributed by atoms with E-state index in [-0.39, 0.29) is 0 Å². The molecule has 0 aliphatic carbocycles. The van der Waals surface area contributed by atoms with E-state index in [1.807, 2.05) is 152 Å². The monoisotopic (exact) mass is 1530 g/mol. The maximum atomic E-state index is 2.30. The molecular formula is C116H138. The Morgan fingerprint density at radius 2 is 0.353 bits per heavy atom. The van der Waals surface area contributed by atoms with Crippen molar-refractivity contribution in [1.82, 2.24) is 0 Å². The first-order chi connectivity index (χ1) is 57.1. The predicted molar refractivity (Wildman–Crippen MR) is 539 cm³/mol. The summed E-state index contributed by atoms with van der Waals surface area (Å²) in [7, 11) is 0. The summed E-state index contributed by atoms with van der Waals surface area (Å²) in [6.07, 6.45) is 0. The molecule has 0 atom stereocenters. The van der Waals surface area contributed by atoms with Crippen LogP contribution in [-0.2, 0) is 0 Å². The molecule has 20 aromatic carbocycles. The highest BCUT2D eigenvalue weighted by atomic mass is 14.2. The van der Waals surface area contributed by atoms with Gasteiger partial charge in [0.1, 0.15) is 0 Å². The summed E-state index contributed by atoms with van der Waals surface area (Å²) in [5, 5.41) is 37.8. The summed E-state index contributed by atoms with van der Waals surface area (Å²) in [5.74, 6) is 0. The zero-order valence-electron chi connectivity index (χ0n) is 76.2. The highest BCUT2D eigenvalue weighted by Gasteiger charge is 2.11. The quantitative estimate of drug-likeness (QED) is 0.105. The average molecular weight is 1530 g/mol. The third-order valence-corrected chi connectivity index (χ3v) is 19.1. The van der Waals surface area contributed by atoms with E-state index in [0.29, 0.717) is 0 Å². The molecule has 0 saturated carbocycles. The molecule has 0 aliphatic rings. The van der Waals surface area contributed by atoms with E-state index < -0.39 is 0 Å². The minimum atomic E-state index is 1.31. The second kappa shape index (κ2) is 52.1. The molecular weight excluding hydrogens is 1390 g/mol. The Morgan fingerprint density at radius 3 is 0.871 bits per heavy atom. The molecule has 20 rings (SSSR count).